The molecule has 2 rings (SSSR count). The first kappa shape index (κ1) is 15.7. The van der Waals surface area contributed by atoms with Gasteiger partial charge in [0.1, 0.15) is 0 Å². The van der Waals surface area contributed by atoms with Crippen LogP contribution in [0.15, 0.2) is 48.5 Å². The van der Waals surface area contributed by atoms with Gasteiger partial charge in [0.15, 0.2) is 0 Å². The average Bonchev–Trinajstić information content (AvgIpc) is 2.50. The molecule has 0 radical (unpaired) electrons. The smallest absolute Gasteiger partial charge is 0.0473 e. The highest BCUT2D eigenvalue weighted by Crippen LogP contribution is 2.23. The molecule has 0 saturated heterocycles. The van der Waals surface area contributed by atoms with Crippen molar-refractivity contribution in [2.24, 2.45) is 5.73 Å². The first-order chi connectivity index (χ1) is 10.2. The molecule has 1 atom stereocenters. The molecular formula is C19H26N2. The van der Waals surface area contributed by atoms with Crippen LogP contribution >= 0.6 is 0 Å². The third-order valence-corrected chi connectivity index (χ3v) is 4.17. The maximum atomic E-state index is 6.07. The second-order valence-corrected chi connectivity index (χ2v) is 5.65. The summed E-state index contributed by atoms with van der Waals surface area (Å²) in [5, 5.41) is 0. The summed E-state index contributed by atoms with van der Waals surface area (Å²) in [6, 6.07) is 17.6. The number of likely N-dealkylation sites (N-methyl/N-ethyl adjacent to an activating group) is 1. The van der Waals surface area contributed by atoms with Gasteiger partial charge in [0.2, 0.25) is 0 Å². The monoisotopic (exact) mass is 282 g/mol. The van der Waals surface area contributed by atoms with Gasteiger partial charge in [-0.3, -0.25) is 4.90 Å². The standard InChI is InChI=1S/C19H26N2/c1-4-21(14-18-8-6-5-7-16(18)3)19(13-20)17-11-9-15(2)10-12-17/h5-12,19H,4,13-14,20H2,1-3H3. The van der Waals surface area contributed by atoms with Crippen LogP contribution < -0.4 is 5.73 Å². The molecule has 0 bridgehead atoms. The Labute approximate surface area is 128 Å². The first-order valence-corrected chi connectivity index (χ1v) is 7.71. The van der Waals surface area contributed by atoms with E-state index in [1.807, 2.05) is 0 Å². The van der Waals surface area contributed by atoms with Crippen molar-refractivity contribution in [3.05, 3.63) is 70.8 Å². The van der Waals surface area contributed by atoms with Crippen molar-refractivity contribution >= 4 is 0 Å². The quantitative estimate of drug-likeness (QED) is 0.872. The van der Waals surface area contributed by atoms with Gasteiger partial charge in [0.25, 0.3) is 0 Å². The zero-order chi connectivity index (χ0) is 15.2. The van der Waals surface area contributed by atoms with Crippen molar-refractivity contribution < 1.29 is 0 Å². The van der Waals surface area contributed by atoms with Crippen molar-refractivity contribution in [1.29, 1.82) is 0 Å². The minimum absolute atomic E-state index is 0.273. The van der Waals surface area contributed by atoms with Gasteiger partial charge in [-0.2, -0.15) is 0 Å². The largest absolute Gasteiger partial charge is 0.329 e. The molecule has 0 aliphatic heterocycles. The molecule has 0 amide bonds. The van der Waals surface area contributed by atoms with Crippen molar-refractivity contribution in [3.8, 4) is 0 Å². The number of nitrogens with two attached hydrogens (primary N) is 1. The van der Waals surface area contributed by atoms with Gasteiger partial charge in [-0.1, -0.05) is 61.0 Å². The van der Waals surface area contributed by atoms with Crippen LogP contribution in [0.3, 0.4) is 0 Å². The fourth-order valence-electron chi connectivity index (χ4n) is 2.73. The van der Waals surface area contributed by atoms with Crippen LogP contribution in [0.4, 0.5) is 0 Å². The van der Waals surface area contributed by atoms with Gasteiger partial charge in [0, 0.05) is 19.1 Å². The lowest BCUT2D eigenvalue weighted by molar-refractivity contribution is 0.203. The molecule has 0 aliphatic rings. The van der Waals surface area contributed by atoms with Gasteiger partial charge in [-0.25, -0.2) is 0 Å². The van der Waals surface area contributed by atoms with Gasteiger partial charge < -0.3 is 5.73 Å². The zero-order valence-electron chi connectivity index (χ0n) is 13.3. The van der Waals surface area contributed by atoms with E-state index >= 15 is 0 Å². The molecular weight excluding hydrogens is 256 g/mol. The summed E-state index contributed by atoms with van der Waals surface area (Å²) in [6.07, 6.45) is 0. The van der Waals surface area contributed by atoms with Crippen molar-refractivity contribution in [3.63, 3.8) is 0 Å². The van der Waals surface area contributed by atoms with E-state index in [1.165, 1.54) is 22.3 Å². The minimum Gasteiger partial charge on any atom is -0.329 e. The van der Waals surface area contributed by atoms with E-state index < -0.39 is 0 Å². The third kappa shape index (κ3) is 3.93. The van der Waals surface area contributed by atoms with Crippen molar-refractivity contribution in [1.82, 2.24) is 4.90 Å². The molecule has 0 heterocycles. The van der Waals surface area contributed by atoms with Crippen LogP contribution in [-0.2, 0) is 6.54 Å². The Kier molecular flexibility index (Phi) is 5.54. The van der Waals surface area contributed by atoms with E-state index in [9.17, 15) is 0 Å². The van der Waals surface area contributed by atoms with Gasteiger partial charge in [0.05, 0.1) is 0 Å². The Balaban J connectivity index is 2.21. The van der Waals surface area contributed by atoms with Crippen LogP contribution in [0.25, 0.3) is 0 Å². The predicted molar refractivity (Wildman–Crippen MR) is 90.2 cm³/mol. The molecule has 2 aromatic carbocycles. The Hall–Kier alpha value is -1.64. The summed E-state index contributed by atoms with van der Waals surface area (Å²) in [4.78, 5) is 2.45. The van der Waals surface area contributed by atoms with Crippen molar-refractivity contribution in [2.45, 2.75) is 33.4 Å². The summed E-state index contributed by atoms with van der Waals surface area (Å²) in [6.45, 7) is 9.07. The molecule has 0 aromatic heterocycles. The molecule has 2 nitrogen and oxygen atoms in total. The van der Waals surface area contributed by atoms with E-state index in [4.69, 9.17) is 5.73 Å². The molecule has 0 saturated carbocycles. The topological polar surface area (TPSA) is 29.3 Å². The molecule has 2 heteroatoms. The van der Waals surface area contributed by atoms with E-state index in [2.05, 4.69) is 74.2 Å². The average molecular weight is 282 g/mol. The van der Waals surface area contributed by atoms with Crippen LogP contribution in [0.5, 0.6) is 0 Å². The van der Waals surface area contributed by atoms with Gasteiger partial charge in [-0.05, 0) is 37.1 Å². The molecule has 1 unspecified atom stereocenters. The summed E-state index contributed by atoms with van der Waals surface area (Å²) in [7, 11) is 0. The number of hydrogen-bond donors (Lipinski definition) is 1. The lowest BCUT2D eigenvalue weighted by Gasteiger charge is -2.31. The Morgan fingerprint density at radius 2 is 1.67 bits per heavy atom. The molecule has 112 valence electrons. The summed E-state index contributed by atoms with van der Waals surface area (Å²) >= 11 is 0. The molecule has 0 aliphatic carbocycles. The van der Waals surface area contributed by atoms with E-state index in [0.717, 1.165) is 13.1 Å². The number of hydrogen-bond acceptors (Lipinski definition) is 2. The van der Waals surface area contributed by atoms with Crippen molar-refractivity contribution in [2.75, 3.05) is 13.1 Å². The third-order valence-electron chi connectivity index (χ3n) is 4.17. The minimum atomic E-state index is 0.273. The zero-order valence-corrected chi connectivity index (χ0v) is 13.3. The van der Waals surface area contributed by atoms with Crippen LogP contribution in [0.2, 0.25) is 0 Å². The van der Waals surface area contributed by atoms with E-state index in [1.54, 1.807) is 0 Å². The number of rotatable bonds is 6. The fourth-order valence-corrected chi connectivity index (χ4v) is 2.73. The number of nitrogens with zero attached hydrogens (tertiary/aromatic N) is 1. The maximum Gasteiger partial charge on any atom is 0.0473 e. The Morgan fingerprint density at radius 3 is 2.24 bits per heavy atom. The highest BCUT2D eigenvalue weighted by molar-refractivity contribution is 5.27. The van der Waals surface area contributed by atoms with E-state index in [-0.39, 0.29) is 6.04 Å². The van der Waals surface area contributed by atoms with E-state index in [0.29, 0.717) is 6.54 Å². The lowest BCUT2D eigenvalue weighted by Crippen LogP contribution is -2.33. The fraction of sp³-hybridized carbons (Fsp3) is 0.368. The van der Waals surface area contributed by atoms with Crippen LogP contribution in [0.1, 0.15) is 35.2 Å². The molecule has 21 heavy (non-hydrogen) atoms. The molecule has 0 spiro atoms. The summed E-state index contributed by atoms with van der Waals surface area (Å²) in [5.74, 6) is 0. The molecule has 0 fully saturated rings. The second-order valence-electron chi connectivity index (χ2n) is 5.65. The van der Waals surface area contributed by atoms with Gasteiger partial charge in [-0.15, -0.1) is 0 Å². The summed E-state index contributed by atoms with van der Waals surface area (Å²) in [5.41, 5.74) is 11.4. The highest BCUT2D eigenvalue weighted by Gasteiger charge is 2.18. The lowest BCUT2D eigenvalue weighted by atomic mass is 10.0. The van der Waals surface area contributed by atoms with Crippen LogP contribution in [0, 0.1) is 13.8 Å². The predicted octanol–water partition coefficient (Wildman–Crippen LogP) is 3.83. The second kappa shape index (κ2) is 7.39. The first-order valence-electron chi connectivity index (χ1n) is 7.71. The number of benzene rings is 2. The molecule has 2 N–H and O–H groups in total. The normalized spacial score (nSPS) is 12.6. The SMILES string of the molecule is CCN(Cc1ccccc1C)C(CN)c1ccc(C)cc1. The Morgan fingerprint density at radius 1 is 1.00 bits per heavy atom. The molecule has 2 aromatic rings. The number of aryl methyl sites for hydroxylation is 2. The Bertz CT molecular complexity index is 560. The highest BCUT2D eigenvalue weighted by atomic mass is 15.2. The van der Waals surface area contributed by atoms with Crippen LogP contribution in [-0.4, -0.2) is 18.0 Å². The van der Waals surface area contributed by atoms with Gasteiger partial charge >= 0.3 is 0 Å². The maximum absolute atomic E-state index is 6.07. The summed E-state index contributed by atoms with van der Waals surface area (Å²) < 4.78 is 0.